The van der Waals surface area contributed by atoms with Crippen LogP contribution >= 0.6 is 0 Å². The molecule has 0 saturated heterocycles. The van der Waals surface area contributed by atoms with Crippen molar-refractivity contribution in [3.8, 4) is 11.5 Å². The standard InChI is InChI=1S/C22H23F3O3/c1-26-19-11-16-15-8-3-4-9-18(15)28-21(17(16)12-20(19)27-2)13-6-5-7-14(10-13)22(23,24)25/h5-7,10-12,15,18,21H,3-4,8-9H2,1-2H3/t15-,18+,21-/m0/s1. The van der Waals surface area contributed by atoms with Gasteiger partial charge in [-0.05, 0) is 53.8 Å². The summed E-state index contributed by atoms with van der Waals surface area (Å²) >= 11 is 0. The van der Waals surface area contributed by atoms with Gasteiger partial charge in [0.2, 0.25) is 0 Å². The molecule has 0 spiro atoms. The van der Waals surface area contributed by atoms with Crippen LogP contribution in [0.25, 0.3) is 0 Å². The maximum absolute atomic E-state index is 13.2. The highest BCUT2D eigenvalue weighted by molar-refractivity contribution is 5.52. The van der Waals surface area contributed by atoms with E-state index in [-0.39, 0.29) is 12.0 Å². The number of alkyl halides is 3. The highest BCUT2D eigenvalue weighted by Gasteiger charge is 2.39. The molecule has 1 aliphatic heterocycles. The zero-order chi connectivity index (χ0) is 19.9. The maximum Gasteiger partial charge on any atom is 0.416 e. The number of halogens is 3. The molecule has 1 fully saturated rings. The Hall–Kier alpha value is -2.21. The number of ether oxygens (including phenoxy) is 3. The second kappa shape index (κ2) is 7.32. The highest BCUT2D eigenvalue weighted by atomic mass is 19.4. The van der Waals surface area contributed by atoms with Crippen molar-refractivity contribution in [2.45, 2.75) is 50.0 Å². The monoisotopic (exact) mass is 392 g/mol. The first-order valence-corrected chi connectivity index (χ1v) is 9.51. The van der Waals surface area contributed by atoms with E-state index in [1.54, 1.807) is 20.3 Å². The molecule has 0 amide bonds. The Labute approximate surface area is 162 Å². The van der Waals surface area contributed by atoms with Crippen LogP contribution in [-0.4, -0.2) is 20.3 Å². The molecule has 0 unspecified atom stereocenters. The number of hydrogen-bond donors (Lipinski definition) is 0. The minimum absolute atomic E-state index is 0.00102. The molecule has 2 aromatic carbocycles. The molecular formula is C22H23F3O3. The highest BCUT2D eigenvalue weighted by Crippen LogP contribution is 2.50. The smallest absolute Gasteiger partial charge is 0.416 e. The third kappa shape index (κ3) is 3.34. The summed E-state index contributed by atoms with van der Waals surface area (Å²) in [6.07, 6.45) is -0.851. The molecular weight excluding hydrogens is 369 g/mol. The van der Waals surface area contributed by atoms with Crippen molar-refractivity contribution >= 4 is 0 Å². The molecule has 28 heavy (non-hydrogen) atoms. The molecule has 1 saturated carbocycles. The molecule has 0 radical (unpaired) electrons. The molecule has 0 aromatic heterocycles. The Morgan fingerprint density at radius 2 is 1.61 bits per heavy atom. The number of fused-ring (bicyclic) bond motifs is 3. The van der Waals surface area contributed by atoms with Gasteiger partial charge >= 0.3 is 6.18 Å². The number of hydrogen-bond acceptors (Lipinski definition) is 3. The van der Waals surface area contributed by atoms with Crippen molar-refractivity contribution in [1.29, 1.82) is 0 Å². The van der Waals surface area contributed by atoms with Crippen molar-refractivity contribution < 1.29 is 27.4 Å². The van der Waals surface area contributed by atoms with Gasteiger partial charge in [-0.2, -0.15) is 13.2 Å². The first-order valence-electron chi connectivity index (χ1n) is 9.51. The van der Waals surface area contributed by atoms with Gasteiger partial charge in [-0.1, -0.05) is 25.0 Å². The van der Waals surface area contributed by atoms with Gasteiger partial charge in [-0.25, -0.2) is 0 Å². The summed E-state index contributed by atoms with van der Waals surface area (Å²) < 4.78 is 57.0. The van der Waals surface area contributed by atoms with Crippen LogP contribution in [0.4, 0.5) is 13.2 Å². The van der Waals surface area contributed by atoms with E-state index in [1.165, 1.54) is 12.1 Å². The Bertz CT molecular complexity index is 863. The van der Waals surface area contributed by atoms with Gasteiger partial charge in [0.05, 0.1) is 25.9 Å². The van der Waals surface area contributed by atoms with Crippen molar-refractivity contribution in [2.75, 3.05) is 14.2 Å². The van der Waals surface area contributed by atoms with Crippen molar-refractivity contribution in [1.82, 2.24) is 0 Å². The third-order valence-corrected chi connectivity index (χ3v) is 5.80. The second-order valence-corrected chi connectivity index (χ2v) is 7.40. The largest absolute Gasteiger partial charge is 0.493 e. The summed E-state index contributed by atoms with van der Waals surface area (Å²) in [5, 5.41) is 0. The van der Waals surface area contributed by atoms with E-state index in [9.17, 15) is 13.2 Å². The van der Waals surface area contributed by atoms with Crippen LogP contribution in [0.5, 0.6) is 11.5 Å². The molecule has 0 N–H and O–H groups in total. The molecule has 2 aliphatic rings. The van der Waals surface area contributed by atoms with Crippen LogP contribution in [0, 0.1) is 0 Å². The Morgan fingerprint density at radius 1 is 0.929 bits per heavy atom. The normalized spacial score (nSPS) is 24.2. The quantitative estimate of drug-likeness (QED) is 0.654. The van der Waals surface area contributed by atoms with Gasteiger partial charge in [0, 0.05) is 5.92 Å². The summed E-state index contributed by atoms with van der Waals surface area (Å²) in [6, 6.07) is 9.24. The van der Waals surface area contributed by atoms with Gasteiger partial charge in [0.15, 0.2) is 11.5 Å². The minimum Gasteiger partial charge on any atom is -0.493 e. The van der Waals surface area contributed by atoms with Crippen LogP contribution in [0.2, 0.25) is 0 Å². The van der Waals surface area contributed by atoms with Gasteiger partial charge in [-0.3, -0.25) is 0 Å². The fourth-order valence-electron chi connectivity index (χ4n) is 4.46. The van der Waals surface area contributed by atoms with E-state index < -0.39 is 17.8 Å². The molecule has 1 heterocycles. The van der Waals surface area contributed by atoms with E-state index in [0.29, 0.717) is 17.1 Å². The zero-order valence-corrected chi connectivity index (χ0v) is 15.9. The topological polar surface area (TPSA) is 27.7 Å². The second-order valence-electron chi connectivity index (χ2n) is 7.40. The molecule has 1 aliphatic carbocycles. The van der Waals surface area contributed by atoms with Crippen molar-refractivity contribution in [3.05, 3.63) is 58.7 Å². The number of rotatable bonds is 3. The average Bonchev–Trinajstić information content (AvgIpc) is 2.71. The van der Waals surface area contributed by atoms with Gasteiger partial charge < -0.3 is 14.2 Å². The summed E-state index contributed by atoms with van der Waals surface area (Å²) in [5.74, 6) is 1.41. The molecule has 4 rings (SSSR count). The molecule has 150 valence electrons. The fourth-order valence-corrected chi connectivity index (χ4v) is 4.46. The Kier molecular flexibility index (Phi) is 5.00. The SMILES string of the molecule is COc1cc2c(cc1OC)[C@@H]1CCCC[C@H]1O[C@H]2c1cccc(C(F)(F)F)c1. The van der Waals surface area contributed by atoms with E-state index in [1.807, 2.05) is 12.1 Å². The molecule has 3 nitrogen and oxygen atoms in total. The van der Waals surface area contributed by atoms with E-state index in [2.05, 4.69) is 0 Å². The van der Waals surface area contributed by atoms with Crippen LogP contribution in [0.15, 0.2) is 36.4 Å². The van der Waals surface area contributed by atoms with Crippen LogP contribution < -0.4 is 9.47 Å². The van der Waals surface area contributed by atoms with Crippen LogP contribution in [0.3, 0.4) is 0 Å². The molecule has 6 heteroatoms. The minimum atomic E-state index is -4.39. The van der Waals surface area contributed by atoms with Gasteiger partial charge in [0.1, 0.15) is 6.10 Å². The molecule has 3 atom stereocenters. The predicted molar refractivity (Wildman–Crippen MR) is 98.9 cm³/mol. The van der Waals surface area contributed by atoms with Gasteiger partial charge in [-0.15, -0.1) is 0 Å². The zero-order valence-electron chi connectivity index (χ0n) is 15.9. The van der Waals surface area contributed by atoms with Crippen molar-refractivity contribution in [2.24, 2.45) is 0 Å². The summed E-state index contributed by atoms with van der Waals surface area (Å²) in [6.45, 7) is 0. The molecule has 0 bridgehead atoms. The van der Waals surface area contributed by atoms with Crippen LogP contribution in [0.1, 0.15) is 60.0 Å². The van der Waals surface area contributed by atoms with E-state index >= 15 is 0 Å². The fraction of sp³-hybridized carbons (Fsp3) is 0.455. The number of benzene rings is 2. The van der Waals surface area contributed by atoms with E-state index in [4.69, 9.17) is 14.2 Å². The third-order valence-electron chi connectivity index (χ3n) is 5.80. The lowest BCUT2D eigenvalue weighted by Gasteiger charge is -2.41. The first-order chi connectivity index (χ1) is 13.4. The Morgan fingerprint density at radius 3 is 2.29 bits per heavy atom. The van der Waals surface area contributed by atoms with Gasteiger partial charge in [0.25, 0.3) is 0 Å². The van der Waals surface area contributed by atoms with Crippen LogP contribution in [-0.2, 0) is 10.9 Å². The van der Waals surface area contributed by atoms with E-state index in [0.717, 1.165) is 42.9 Å². The summed E-state index contributed by atoms with van der Waals surface area (Å²) in [7, 11) is 3.14. The lowest BCUT2D eigenvalue weighted by molar-refractivity contribution is -0.137. The summed E-state index contributed by atoms with van der Waals surface area (Å²) in [5.41, 5.74) is 1.80. The summed E-state index contributed by atoms with van der Waals surface area (Å²) in [4.78, 5) is 0. The molecule has 2 aromatic rings. The first kappa shape index (κ1) is 19.1. The lowest BCUT2D eigenvalue weighted by atomic mass is 9.75. The lowest BCUT2D eigenvalue weighted by Crippen LogP contribution is -2.34. The van der Waals surface area contributed by atoms with Crippen molar-refractivity contribution in [3.63, 3.8) is 0 Å². The average molecular weight is 392 g/mol. The Balaban J connectivity index is 1.85. The maximum atomic E-state index is 13.2. The predicted octanol–water partition coefficient (Wildman–Crippen LogP) is 5.87. The number of methoxy groups -OCH3 is 2.